The van der Waals surface area contributed by atoms with Crippen LogP contribution < -0.4 is 5.73 Å². The Morgan fingerprint density at radius 1 is 1.21 bits per heavy atom. The molecule has 14 heavy (non-hydrogen) atoms. The summed E-state index contributed by atoms with van der Waals surface area (Å²) < 4.78 is 60.3. The molecule has 0 amide bonds. The van der Waals surface area contributed by atoms with Gasteiger partial charge in [-0.1, -0.05) is 0 Å². The highest BCUT2D eigenvalue weighted by atomic mass is 79.9. The molecule has 1 rings (SSSR count). The summed E-state index contributed by atoms with van der Waals surface area (Å²) in [4.78, 5) is 0. The predicted octanol–water partition coefficient (Wildman–Crippen LogP) is 2.41. The molecule has 1 heterocycles. The van der Waals surface area contributed by atoms with Crippen LogP contribution in [-0.2, 0) is 5.92 Å². The molecule has 9 heteroatoms. The average molecular weight is 280 g/mol. The number of aromatic nitrogens is 2. The second-order valence-corrected chi connectivity index (χ2v) is 3.16. The Balaban J connectivity index is 3.23. The van der Waals surface area contributed by atoms with Crippen molar-refractivity contribution in [3.8, 4) is 0 Å². The molecule has 0 atom stereocenters. The first-order chi connectivity index (χ1) is 6.18. The predicted molar refractivity (Wildman–Crippen MR) is 40.6 cm³/mol. The molecule has 0 aliphatic rings. The maximum Gasteiger partial charge on any atom is 0.459 e. The van der Waals surface area contributed by atoms with Crippen molar-refractivity contribution in [1.29, 1.82) is 0 Å². The van der Waals surface area contributed by atoms with Gasteiger partial charge in [0.05, 0.1) is 4.47 Å². The van der Waals surface area contributed by atoms with E-state index in [0.717, 1.165) is 0 Å². The number of halogens is 6. The number of nitrogens with two attached hydrogens (primary N) is 1. The number of anilines is 1. The van der Waals surface area contributed by atoms with Crippen molar-refractivity contribution in [2.45, 2.75) is 12.1 Å². The largest absolute Gasteiger partial charge is 0.459 e. The van der Waals surface area contributed by atoms with E-state index in [2.05, 4.69) is 21.0 Å². The number of alkyl halides is 5. The first-order valence-electron chi connectivity index (χ1n) is 3.12. The normalized spacial score (nSPS) is 13.3. The summed E-state index contributed by atoms with van der Waals surface area (Å²) in [5.41, 5.74) is 3.59. The number of nitrogen functional groups attached to an aromatic ring is 1. The molecule has 0 spiro atoms. The summed E-state index contributed by atoms with van der Waals surface area (Å²) in [6, 6.07) is 0. The van der Waals surface area contributed by atoms with Crippen LogP contribution in [0.15, 0.2) is 4.47 Å². The number of aromatic amines is 1. The van der Waals surface area contributed by atoms with Gasteiger partial charge < -0.3 is 5.73 Å². The van der Waals surface area contributed by atoms with Gasteiger partial charge in [-0.25, -0.2) is 0 Å². The van der Waals surface area contributed by atoms with Crippen molar-refractivity contribution in [3.63, 3.8) is 0 Å². The summed E-state index contributed by atoms with van der Waals surface area (Å²) in [5.74, 6) is -5.46. The average Bonchev–Trinajstić information content (AvgIpc) is 2.30. The van der Waals surface area contributed by atoms with E-state index >= 15 is 0 Å². The number of nitrogens with one attached hydrogen (secondary N) is 1. The molecule has 3 nitrogen and oxygen atoms in total. The Labute approximate surface area is 82.6 Å². The van der Waals surface area contributed by atoms with E-state index in [0.29, 0.717) is 0 Å². The summed E-state index contributed by atoms with van der Waals surface area (Å²) in [6.07, 6.45) is -5.69. The summed E-state index contributed by atoms with van der Waals surface area (Å²) >= 11 is 2.48. The number of nitrogens with zero attached hydrogens (tertiary/aromatic N) is 1. The molecule has 0 radical (unpaired) electrons. The Morgan fingerprint density at radius 3 is 2.00 bits per heavy atom. The van der Waals surface area contributed by atoms with E-state index in [1.165, 1.54) is 5.10 Å². The molecule has 0 bridgehead atoms. The van der Waals surface area contributed by atoms with E-state index < -0.39 is 28.1 Å². The minimum absolute atomic E-state index is 0.455. The van der Waals surface area contributed by atoms with Crippen molar-refractivity contribution >= 4 is 21.7 Å². The maximum absolute atomic E-state index is 12.7. The fourth-order valence-electron chi connectivity index (χ4n) is 0.692. The topological polar surface area (TPSA) is 54.7 Å². The molecular formula is C5H3BrF5N3. The van der Waals surface area contributed by atoms with Gasteiger partial charge in [0, 0.05) is 0 Å². The van der Waals surface area contributed by atoms with Gasteiger partial charge in [-0.2, -0.15) is 27.1 Å². The Bertz CT molecular complexity index is 344. The Morgan fingerprint density at radius 2 is 1.71 bits per heavy atom. The lowest BCUT2D eigenvalue weighted by atomic mass is 10.2. The minimum Gasteiger partial charge on any atom is -0.381 e. The molecule has 1 aromatic rings. The van der Waals surface area contributed by atoms with Crippen molar-refractivity contribution in [3.05, 3.63) is 10.2 Å². The quantitative estimate of drug-likeness (QED) is 0.776. The fourth-order valence-corrected chi connectivity index (χ4v) is 1.12. The van der Waals surface area contributed by atoms with Gasteiger partial charge in [-0.05, 0) is 15.9 Å². The van der Waals surface area contributed by atoms with Crippen molar-refractivity contribution in [2.75, 3.05) is 5.73 Å². The van der Waals surface area contributed by atoms with Crippen LogP contribution in [0.4, 0.5) is 27.8 Å². The van der Waals surface area contributed by atoms with Crippen LogP contribution in [0.1, 0.15) is 5.69 Å². The van der Waals surface area contributed by atoms with E-state index in [1.807, 2.05) is 0 Å². The van der Waals surface area contributed by atoms with Crippen LogP contribution in [0, 0.1) is 0 Å². The van der Waals surface area contributed by atoms with Crippen LogP contribution in [0.2, 0.25) is 0 Å². The second-order valence-electron chi connectivity index (χ2n) is 2.37. The van der Waals surface area contributed by atoms with Crippen LogP contribution in [0.3, 0.4) is 0 Å². The van der Waals surface area contributed by atoms with Gasteiger partial charge in [0.25, 0.3) is 0 Å². The van der Waals surface area contributed by atoms with Crippen molar-refractivity contribution in [2.24, 2.45) is 0 Å². The van der Waals surface area contributed by atoms with Gasteiger partial charge in [0.15, 0.2) is 5.82 Å². The van der Waals surface area contributed by atoms with Gasteiger partial charge in [-0.15, -0.1) is 0 Å². The standard InChI is InChI=1S/C5H3BrF5N3/c6-1-2(13-14-3(1)12)4(7,8)5(9,10)11/h(H3,12,13,14). The van der Waals surface area contributed by atoms with E-state index in [-0.39, 0.29) is 0 Å². The lowest BCUT2D eigenvalue weighted by molar-refractivity contribution is -0.291. The Hall–Kier alpha value is -0.860. The first kappa shape index (κ1) is 11.2. The smallest absolute Gasteiger partial charge is 0.381 e. The van der Waals surface area contributed by atoms with E-state index in [1.54, 1.807) is 0 Å². The lowest BCUT2D eigenvalue weighted by Gasteiger charge is -2.17. The Kier molecular flexibility index (Phi) is 2.46. The molecule has 0 fully saturated rings. The molecule has 0 saturated heterocycles. The van der Waals surface area contributed by atoms with E-state index in [9.17, 15) is 22.0 Å². The maximum atomic E-state index is 12.7. The van der Waals surface area contributed by atoms with Crippen LogP contribution in [-0.4, -0.2) is 16.4 Å². The van der Waals surface area contributed by atoms with Gasteiger partial charge in [0.2, 0.25) is 0 Å². The lowest BCUT2D eigenvalue weighted by Crippen LogP contribution is -2.34. The van der Waals surface area contributed by atoms with Crippen molar-refractivity contribution < 1.29 is 22.0 Å². The molecule has 0 unspecified atom stereocenters. The molecule has 0 saturated carbocycles. The molecule has 80 valence electrons. The highest BCUT2D eigenvalue weighted by Crippen LogP contribution is 2.46. The van der Waals surface area contributed by atoms with Gasteiger partial charge in [0.1, 0.15) is 5.69 Å². The molecule has 0 aromatic carbocycles. The highest BCUT2D eigenvalue weighted by molar-refractivity contribution is 9.10. The molecular weight excluding hydrogens is 277 g/mol. The first-order valence-corrected chi connectivity index (χ1v) is 3.91. The zero-order valence-electron chi connectivity index (χ0n) is 6.29. The zero-order valence-corrected chi connectivity index (χ0v) is 7.88. The summed E-state index contributed by atoms with van der Waals surface area (Å²) in [5, 5.41) is 4.55. The summed E-state index contributed by atoms with van der Waals surface area (Å²) in [7, 11) is 0. The number of hydrogen-bond acceptors (Lipinski definition) is 2. The second kappa shape index (κ2) is 3.07. The third kappa shape index (κ3) is 1.56. The van der Waals surface area contributed by atoms with Crippen LogP contribution >= 0.6 is 15.9 Å². The minimum atomic E-state index is -5.69. The van der Waals surface area contributed by atoms with E-state index in [4.69, 9.17) is 5.73 Å². The third-order valence-corrected chi connectivity index (χ3v) is 2.21. The monoisotopic (exact) mass is 279 g/mol. The molecule has 1 aromatic heterocycles. The molecule has 0 aliphatic heterocycles. The molecule has 0 aliphatic carbocycles. The number of H-pyrrole nitrogens is 1. The van der Waals surface area contributed by atoms with Crippen LogP contribution in [0.25, 0.3) is 0 Å². The van der Waals surface area contributed by atoms with Crippen LogP contribution in [0.5, 0.6) is 0 Å². The zero-order chi connectivity index (χ0) is 11.1. The van der Waals surface area contributed by atoms with Crippen molar-refractivity contribution in [1.82, 2.24) is 10.2 Å². The number of hydrogen-bond donors (Lipinski definition) is 2. The van der Waals surface area contributed by atoms with Gasteiger partial charge >= 0.3 is 12.1 Å². The fraction of sp³-hybridized carbons (Fsp3) is 0.400. The van der Waals surface area contributed by atoms with Gasteiger partial charge in [-0.3, -0.25) is 5.10 Å². The highest BCUT2D eigenvalue weighted by Gasteiger charge is 2.61. The third-order valence-electron chi connectivity index (χ3n) is 1.40. The number of rotatable bonds is 1. The summed E-state index contributed by atoms with van der Waals surface area (Å²) in [6.45, 7) is 0. The SMILES string of the molecule is Nc1n[nH]c(C(F)(F)C(F)(F)F)c1Br. The molecule has 3 N–H and O–H groups in total.